The minimum absolute atomic E-state index is 0.0342. The largest absolute Gasteiger partial charge is 0.389 e. The van der Waals surface area contributed by atoms with E-state index in [4.69, 9.17) is 0 Å². The molecule has 1 atom stereocenters. The van der Waals surface area contributed by atoms with Crippen LogP contribution in [-0.2, 0) is 11.8 Å². The van der Waals surface area contributed by atoms with Gasteiger partial charge in [0.25, 0.3) is 0 Å². The zero-order chi connectivity index (χ0) is 13.5. The minimum Gasteiger partial charge on any atom is -0.389 e. The van der Waals surface area contributed by atoms with Crippen LogP contribution in [0.4, 0.5) is 0 Å². The van der Waals surface area contributed by atoms with Crippen molar-refractivity contribution in [2.45, 2.75) is 49.5 Å². The van der Waals surface area contributed by atoms with E-state index in [1.165, 1.54) is 30.4 Å². The maximum atomic E-state index is 11.3. The molecule has 1 fully saturated rings. The van der Waals surface area contributed by atoms with Crippen molar-refractivity contribution in [3.8, 4) is 0 Å². The first-order valence-electron chi connectivity index (χ1n) is 7.53. The Labute approximate surface area is 116 Å². The molecule has 0 aromatic heterocycles. The van der Waals surface area contributed by atoms with Gasteiger partial charge in [-0.2, -0.15) is 0 Å². The number of fused-ring (bicyclic) bond motifs is 1. The van der Waals surface area contributed by atoms with E-state index in [0.717, 1.165) is 25.8 Å². The van der Waals surface area contributed by atoms with Crippen molar-refractivity contribution >= 4 is 0 Å². The Morgan fingerprint density at radius 2 is 1.79 bits per heavy atom. The quantitative estimate of drug-likeness (QED) is 0.902. The van der Waals surface area contributed by atoms with Gasteiger partial charge < -0.3 is 10.0 Å². The van der Waals surface area contributed by atoms with Crippen molar-refractivity contribution in [2.24, 2.45) is 0 Å². The summed E-state index contributed by atoms with van der Waals surface area (Å²) in [6.07, 6.45) is 6.60. The predicted octanol–water partition coefficient (Wildman–Crippen LogP) is 2.74. The smallest absolute Gasteiger partial charge is 0.0759 e. The molecule has 3 rings (SSSR count). The number of rotatable bonds is 3. The van der Waals surface area contributed by atoms with Crippen molar-refractivity contribution < 1.29 is 5.11 Å². The molecule has 0 bridgehead atoms. The van der Waals surface area contributed by atoms with Crippen LogP contribution in [0.25, 0.3) is 0 Å². The lowest BCUT2D eigenvalue weighted by molar-refractivity contribution is -0.0869. The van der Waals surface area contributed by atoms with Crippen molar-refractivity contribution in [2.75, 3.05) is 20.6 Å². The first-order chi connectivity index (χ1) is 9.07. The summed E-state index contributed by atoms with van der Waals surface area (Å²) < 4.78 is 0. The molecule has 2 aliphatic rings. The molecular weight excluding hydrogens is 234 g/mol. The highest BCUT2D eigenvalue weighted by Gasteiger charge is 2.56. The number of nitrogens with zero attached hydrogens (tertiary/aromatic N) is 1. The second kappa shape index (κ2) is 4.60. The molecule has 0 heterocycles. The van der Waals surface area contributed by atoms with Crippen LogP contribution >= 0.6 is 0 Å². The van der Waals surface area contributed by atoms with Crippen LogP contribution in [-0.4, -0.2) is 36.2 Å². The molecule has 0 amide bonds. The third kappa shape index (κ3) is 1.93. The number of likely N-dealkylation sites (N-methyl/N-ethyl adjacent to an activating group) is 1. The third-order valence-electron chi connectivity index (χ3n) is 5.18. The molecule has 1 unspecified atom stereocenters. The zero-order valence-electron chi connectivity index (χ0n) is 12.2. The topological polar surface area (TPSA) is 23.5 Å². The Balaban J connectivity index is 2.00. The zero-order valence-corrected chi connectivity index (χ0v) is 12.2. The predicted molar refractivity (Wildman–Crippen MR) is 78.4 cm³/mol. The van der Waals surface area contributed by atoms with Crippen LogP contribution in [0.1, 0.15) is 43.2 Å². The molecule has 0 saturated heterocycles. The van der Waals surface area contributed by atoms with E-state index in [1.54, 1.807) is 0 Å². The number of aliphatic hydroxyl groups is 1. The summed E-state index contributed by atoms with van der Waals surface area (Å²) in [6.45, 7) is 0.959. The summed E-state index contributed by atoms with van der Waals surface area (Å²) in [5.41, 5.74) is 2.30. The lowest BCUT2D eigenvalue weighted by Crippen LogP contribution is -2.63. The molecule has 1 saturated carbocycles. The van der Waals surface area contributed by atoms with Crippen molar-refractivity contribution in [3.63, 3.8) is 0 Å². The second-order valence-corrected chi connectivity index (χ2v) is 6.75. The molecule has 2 aliphatic carbocycles. The SMILES string of the molecule is CN(C)CC1(C2(O)CCCCC2)Cc2ccccc21. The number of hydrogen-bond donors (Lipinski definition) is 1. The van der Waals surface area contributed by atoms with Crippen LogP contribution in [0, 0.1) is 0 Å². The highest BCUT2D eigenvalue weighted by molar-refractivity contribution is 5.48. The van der Waals surface area contributed by atoms with E-state index >= 15 is 0 Å². The molecule has 104 valence electrons. The van der Waals surface area contributed by atoms with Gasteiger partial charge in [-0.1, -0.05) is 43.5 Å². The summed E-state index contributed by atoms with van der Waals surface area (Å²) in [7, 11) is 4.24. The monoisotopic (exact) mass is 259 g/mol. The van der Waals surface area contributed by atoms with E-state index in [9.17, 15) is 5.11 Å². The van der Waals surface area contributed by atoms with Crippen LogP contribution in [0.15, 0.2) is 24.3 Å². The van der Waals surface area contributed by atoms with E-state index in [2.05, 4.69) is 43.3 Å². The van der Waals surface area contributed by atoms with E-state index in [-0.39, 0.29) is 5.41 Å². The fourth-order valence-electron chi connectivity index (χ4n) is 4.31. The molecule has 1 aromatic rings. The van der Waals surface area contributed by atoms with Gasteiger partial charge in [0.2, 0.25) is 0 Å². The fraction of sp³-hybridized carbons (Fsp3) is 0.647. The molecule has 2 nitrogen and oxygen atoms in total. The lowest BCUT2D eigenvalue weighted by atomic mass is 9.52. The Hall–Kier alpha value is -0.860. The highest BCUT2D eigenvalue weighted by atomic mass is 16.3. The Bertz CT molecular complexity index is 462. The summed E-state index contributed by atoms with van der Waals surface area (Å²) in [4.78, 5) is 2.24. The molecular formula is C17H25NO. The fourth-order valence-corrected chi connectivity index (χ4v) is 4.31. The first-order valence-corrected chi connectivity index (χ1v) is 7.53. The number of hydrogen-bond acceptors (Lipinski definition) is 2. The summed E-state index contributed by atoms with van der Waals surface area (Å²) in [5.74, 6) is 0. The maximum absolute atomic E-state index is 11.3. The van der Waals surface area contributed by atoms with Crippen molar-refractivity contribution in [1.82, 2.24) is 4.90 Å². The van der Waals surface area contributed by atoms with Crippen LogP contribution in [0.5, 0.6) is 0 Å². The summed E-state index contributed by atoms with van der Waals surface area (Å²) >= 11 is 0. The highest BCUT2D eigenvalue weighted by Crippen LogP contribution is 2.53. The van der Waals surface area contributed by atoms with Gasteiger partial charge >= 0.3 is 0 Å². The van der Waals surface area contributed by atoms with E-state index in [0.29, 0.717) is 0 Å². The molecule has 2 heteroatoms. The summed E-state index contributed by atoms with van der Waals surface area (Å²) in [6, 6.07) is 8.68. The average molecular weight is 259 g/mol. The van der Waals surface area contributed by atoms with Gasteiger partial charge in [-0.15, -0.1) is 0 Å². The maximum Gasteiger partial charge on any atom is 0.0759 e. The second-order valence-electron chi connectivity index (χ2n) is 6.75. The standard InChI is InChI=1S/C17H25NO/c1-18(2)13-16(17(19)10-6-3-7-11-17)12-14-8-4-5-9-15(14)16/h4-5,8-9,19H,3,6-7,10-13H2,1-2H3. The van der Waals surface area contributed by atoms with Gasteiger partial charge in [-0.3, -0.25) is 0 Å². The Morgan fingerprint density at radius 3 is 2.42 bits per heavy atom. The molecule has 1 aromatic carbocycles. The summed E-state index contributed by atoms with van der Waals surface area (Å²) in [5, 5.41) is 11.3. The minimum atomic E-state index is -0.496. The van der Waals surface area contributed by atoms with Crippen molar-refractivity contribution in [3.05, 3.63) is 35.4 Å². The van der Waals surface area contributed by atoms with Gasteiger partial charge in [-0.25, -0.2) is 0 Å². The molecule has 1 N–H and O–H groups in total. The van der Waals surface area contributed by atoms with Gasteiger partial charge in [0.1, 0.15) is 0 Å². The van der Waals surface area contributed by atoms with Crippen LogP contribution in [0.3, 0.4) is 0 Å². The van der Waals surface area contributed by atoms with Gasteiger partial charge in [0.05, 0.1) is 5.60 Å². The lowest BCUT2D eigenvalue weighted by Gasteiger charge is -2.57. The molecule has 19 heavy (non-hydrogen) atoms. The van der Waals surface area contributed by atoms with Crippen LogP contribution in [0.2, 0.25) is 0 Å². The molecule has 0 aliphatic heterocycles. The molecule has 0 spiro atoms. The Morgan fingerprint density at radius 1 is 1.11 bits per heavy atom. The Kier molecular flexibility index (Phi) is 3.18. The van der Waals surface area contributed by atoms with Crippen molar-refractivity contribution in [1.29, 1.82) is 0 Å². The first kappa shape index (κ1) is 13.1. The normalized spacial score (nSPS) is 28.8. The van der Waals surface area contributed by atoms with E-state index in [1.807, 2.05) is 0 Å². The van der Waals surface area contributed by atoms with E-state index < -0.39 is 5.60 Å². The average Bonchev–Trinajstić information content (AvgIpc) is 2.36. The number of benzene rings is 1. The van der Waals surface area contributed by atoms with Crippen LogP contribution < -0.4 is 0 Å². The molecule has 0 radical (unpaired) electrons. The van der Waals surface area contributed by atoms with Gasteiger partial charge in [0.15, 0.2) is 0 Å². The third-order valence-corrected chi connectivity index (χ3v) is 5.18. The van der Waals surface area contributed by atoms with Gasteiger partial charge in [0, 0.05) is 12.0 Å². The van der Waals surface area contributed by atoms with Gasteiger partial charge in [-0.05, 0) is 44.5 Å².